The van der Waals surface area contributed by atoms with Crippen molar-refractivity contribution in [3.8, 4) is 11.5 Å². The molecule has 0 bridgehead atoms. The predicted octanol–water partition coefficient (Wildman–Crippen LogP) is 6.01. The number of nitrogens with zero attached hydrogens (tertiary/aromatic N) is 2. The van der Waals surface area contributed by atoms with Crippen LogP contribution in [-0.4, -0.2) is 24.0 Å². The Bertz CT molecular complexity index is 1490. The number of carbonyl (C=O) groups excluding carboxylic acids is 2. The third-order valence-electron chi connectivity index (χ3n) is 4.83. The highest BCUT2D eigenvalue weighted by Crippen LogP contribution is 2.36. The van der Waals surface area contributed by atoms with Gasteiger partial charge in [0.1, 0.15) is 23.0 Å². The van der Waals surface area contributed by atoms with E-state index in [1.54, 1.807) is 18.2 Å². The van der Waals surface area contributed by atoms with E-state index in [1.165, 1.54) is 56.0 Å². The van der Waals surface area contributed by atoms with Gasteiger partial charge in [0.15, 0.2) is 12.4 Å². The molecule has 0 atom stereocenters. The Labute approximate surface area is 230 Å². The molecule has 4 rings (SSSR count). The zero-order valence-electron chi connectivity index (χ0n) is 20.5. The molecule has 14 heteroatoms. The summed E-state index contributed by atoms with van der Waals surface area (Å²) < 4.78 is 59.5. The van der Waals surface area contributed by atoms with Crippen molar-refractivity contribution in [2.75, 3.05) is 17.7 Å². The number of hydrogen-bond donors (Lipinski definition) is 3. The molecule has 0 saturated heterocycles. The van der Waals surface area contributed by atoms with Crippen LogP contribution in [0.25, 0.3) is 0 Å². The lowest BCUT2D eigenvalue weighted by Crippen LogP contribution is -2.22. The molecule has 3 amide bonds. The Morgan fingerprint density at radius 2 is 1.68 bits per heavy atom. The molecule has 4 aromatic rings. The number of halogens is 5. The van der Waals surface area contributed by atoms with Gasteiger partial charge in [-0.05, 0) is 36.4 Å². The minimum atomic E-state index is -4.71. The molecule has 40 heavy (non-hydrogen) atoms. The lowest BCUT2D eigenvalue weighted by molar-refractivity contribution is -0.605. The van der Waals surface area contributed by atoms with Gasteiger partial charge in [-0.1, -0.05) is 17.7 Å². The summed E-state index contributed by atoms with van der Waals surface area (Å²) in [4.78, 5) is 27.6. The molecule has 0 aliphatic heterocycles. The van der Waals surface area contributed by atoms with Gasteiger partial charge in [0.2, 0.25) is 0 Å². The Kier molecular flexibility index (Phi) is 9.81. The maximum absolute atomic E-state index is 14.4. The van der Waals surface area contributed by atoms with Crippen molar-refractivity contribution < 1.29 is 36.6 Å². The van der Waals surface area contributed by atoms with Gasteiger partial charge in [-0.25, -0.2) is 9.18 Å². The van der Waals surface area contributed by atoms with Gasteiger partial charge in [0.05, 0.1) is 16.3 Å². The summed E-state index contributed by atoms with van der Waals surface area (Å²) >= 11 is 5.54. The average molecular weight is 578 g/mol. The standard InChI is InChI=1S/C21H15ClF4N4O3.C5H5NO/c1-27-19(31)18-10-13(6-7-28-18)33-12-3-5-17(16(23)9-12)30-20(32)29-11-2-4-15(22)14(8-11)21(24,25)26;7-6-4-2-1-3-5-6/h2-10H,1H3,(H,27,31)(H2,29,30,32);1-5H. The largest absolute Gasteiger partial charge is 0.619 e. The second-order valence-electron chi connectivity index (χ2n) is 7.71. The number of anilines is 2. The number of urea groups is 1. The summed E-state index contributed by atoms with van der Waals surface area (Å²) in [6.45, 7) is 0. The second kappa shape index (κ2) is 13.2. The minimum Gasteiger partial charge on any atom is -0.619 e. The summed E-state index contributed by atoms with van der Waals surface area (Å²) in [6.07, 6.45) is -0.472. The number of alkyl halides is 3. The SMILES string of the molecule is CNC(=O)c1cc(Oc2ccc(NC(=O)Nc3ccc(Cl)c(C(F)(F)F)c3)c(F)c2)ccn1.[O-][n+]1ccccc1. The molecule has 0 radical (unpaired) electrons. The topological polar surface area (TPSA) is 119 Å². The van der Waals surface area contributed by atoms with Crippen LogP contribution >= 0.6 is 11.6 Å². The summed E-state index contributed by atoms with van der Waals surface area (Å²) in [5, 5.41) is 16.5. The predicted molar refractivity (Wildman–Crippen MR) is 139 cm³/mol. The van der Waals surface area contributed by atoms with Crippen molar-refractivity contribution in [1.29, 1.82) is 0 Å². The van der Waals surface area contributed by atoms with Gasteiger partial charge in [0.25, 0.3) is 5.91 Å². The number of nitrogens with one attached hydrogen (secondary N) is 3. The molecule has 0 spiro atoms. The smallest absolute Gasteiger partial charge is 0.417 e. The van der Waals surface area contributed by atoms with Crippen LogP contribution in [-0.2, 0) is 6.18 Å². The molecule has 208 valence electrons. The molecule has 0 fully saturated rings. The Hall–Kier alpha value is -4.91. The van der Waals surface area contributed by atoms with E-state index in [9.17, 15) is 32.4 Å². The molecular formula is C26H20ClF4N5O4. The van der Waals surface area contributed by atoms with Crippen molar-refractivity contribution in [2.24, 2.45) is 0 Å². The number of amides is 3. The number of pyridine rings is 2. The number of benzene rings is 2. The van der Waals surface area contributed by atoms with Crippen molar-refractivity contribution >= 4 is 34.9 Å². The molecule has 0 aliphatic rings. The van der Waals surface area contributed by atoms with Crippen LogP contribution in [0.2, 0.25) is 5.02 Å². The molecule has 2 heterocycles. The van der Waals surface area contributed by atoms with Crippen LogP contribution in [0.4, 0.5) is 33.7 Å². The summed E-state index contributed by atoms with van der Waals surface area (Å²) in [7, 11) is 1.44. The lowest BCUT2D eigenvalue weighted by Gasteiger charge is -2.13. The Morgan fingerprint density at radius 1 is 0.975 bits per heavy atom. The van der Waals surface area contributed by atoms with E-state index in [-0.39, 0.29) is 28.6 Å². The Morgan fingerprint density at radius 3 is 2.27 bits per heavy atom. The maximum atomic E-state index is 14.4. The minimum absolute atomic E-state index is 0.0695. The van der Waals surface area contributed by atoms with Gasteiger partial charge in [-0.15, -0.1) is 0 Å². The number of carbonyl (C=O) groups is 2. The van der Waals surface area contributed by atoms with Crippen LogP contribution in [0.5, 0.6) is 11.5 Å². The van der Waals surface area contributed by atoms with Crippen molar-refractivity contribution in [1.82, 2.24) is 10.3 Å². The van der Waals surface area contributed by atoms with Gasteiger partial charge < -0.3 is 25.9 Å². The second-order valence-corrected chi connectivity index (χ2v) is 8.11. The zero-order valence-corrected chi connectivity index (χ0v) is 21.3. The molecule has 0 unspecified atom stereocenters. The number of rotatable bonds is 5. The molecule has 0 aliphatic carbocycles. The third-order valence-corrected chi connectivity index (χ3v) is 5.16. The normalized spacial score (nSPS) is 10.6. The first-order chi connectivity index (χ1) is 19.0. The molecule has 3 N–H and O–H groups in total. The summed E-state index contributed by atoms with van der Waals surface area (Å²) in [6, 6.07) is 13.4. The van der Waals surface area contributed by atoms with Crippen LogP contribution in [0.1, 0.15) is 16.1 Å². The van der Waals surface area contributed by atoms with Crippen LogP contribution < -0.4 is 25.4 Å². The monoisotopic (exact) mass is 577 g/mol. The number of aromatic nitrogens is 2. The van der Waals surface area contributed by atoms with Gasteiger partial charge in [-0.2, -0.15) is 17.9 Å². The lowest BCUT2D eigenvalue weighted by atomic mass is 10.2. The summed E-state index contributed by atoms with van der Waals surface area (Å²) in [5.74, 6) is -1.000. The zero-order chi connectivity index (χ0) is 29.3. The number of hydrogen-bond acceptors (Lipinski definition) is 5. The molecule has 9 nitrogen and oxygen atoms in total. The van der Waals surface area contributed by atoms with Gasteiger partial charge >= 0.3 is 12.2 Å². The fraction of sp³-hybridized carbons (Fsp3) is 0.0769. The van der Waals surface area contributed by atoms with E-state index in [2.05, 4.69) is 20.9 Å². The maximum Gasteiger partial charge on any atom is 0.417 e. The average Bonchev–Trinajstić information content (AvgIpc) is 2.91. The van der Waals surface area contributed by atoms with Crippen molar-refractivity contribution in [3.05, 3.63) is 113 Å². The molecule has 2 aromatic carbocycles. The molecule has 0 saturated carbocycles. The van der Waals surface area contributed by atoms with Gasteiger partial charge in [-0.3, -0.25) is 9.78 Å². The Balaban J connectivity index is 0.000000547. The van der Waals surface area contributed by atoms with Crippen molar-refractivity contribution in [3.63, 3.8) is 0 Å². The van der Waals surface area contributed by atoms with E-state index in [0.29, 0.717) is 6.07 Å². The van der Waals surface area contributed by atoms with Crippen LogP contribution in [0.3, 0.4) is 0 Å². The van der Waals surface area contributed by atoms with Crippen molar-refractivity contribution in [2.45, 2.75) is 6.18 Å². The third kappa shape index (κ3) is 8.56. The quantitative estimate of drug-likeness (QED) is 0.152. The first-order valence-electron chi connectivity index (χ1n) is 11.2. The van der Waals surface area contributed by atoms with E-state index < -0.39 is 34.5 Å². The van der Waals surface area contributed by atoms with Gasteiger partial charge in [0, 0.05) is 43.2 Å². The fourth-order valence-electron chi connectivity index (χ4n) is 3.01. The highest BCUT2D eigenvalue weighted by Gasteiger charge is 2.33. The first-order valence-corrected chi connectivity index (χ1v) is 11.6. The highest BCUT2D eigenvalue weighted by molar-refractivity contribution is 6.31. The van der Waals surface area contributed by atoms with Crippen LogP contribution in [0, 0.1) is 11.0 Å². The van der Waals surface area contributed by atoms with Crippen LogP contribution in [0.15, 0.2) is 85.3 Å². The summed E-state index contributed by atoms with van der Waals surface area (Å²) in [5.41, 5.74) is -1.45. The fourth-order valence-corrected chi connectivity index (χ4v) is 3.24. The molecule has 2 aromatic heterocycles. The molecular weight excluding hydrogens is 558 g/mol. The number of ether oxygens (including phenoxy) is 1. The van der Waals surface area contributed by atoms with E-state index in [0.717, 1.165) is 16.9 Å². The first kappa shape index (κ1) is 29.6. The van der Waals surface area contributed by atoms with E-state index in [4.69, 9.17) is 16.3 Å². The van der Waals surface area contributed by atoms with E-state index in [1.807, 2.05) is 0 Å². The van der Waals surface area contributed by atoms with E-state index >= 15 is 0 Å². The highest BCUT2D eigenvalue weighted by atomic mass is 35.5.